The topological polar surface area (TPSA) is 89.3 Å². The molecule has 4 nitrogen and oxygen atoms in total. The fourth-order valence-electron chi connectivity index (χ4n) is 0.918. The Morgan fingerprint density at radius 1 is 1.43 bits per heavy atom. The summed E-state index contributed by atoms with van der Waals surface area (Å²) in [7, 11) is 0. The van der Waals surface area contributed by atoms with E-state index in [0.717, 1.165) is 0 Å². The van der Waals surface area contributed by atoms with Gasteiger partial charge in [0.2, 0.25) is 0 Å². The first-order valence-corrected chi connectivity index (χ1v) is 4.42. The number of unbranched alkanes of at least 4 members (excludes halogenated alkanes) is 1. The molecule has 0 saturated heterocycles. The average molecular weight is 231 g/mol. The zero-order valence-corrected chi connectivity index (χ0v) is 8.23. The molecule has 0 radical (unpaired) electrons. The number of carboxylic acids is 1. The molecule has 0 aromatic rings. The summed E-state index contributed by atoms with van der Waals surface area (Å²) < 4.78 is 25.4. The Labute approximate surface area is 85.2 Å². The van der Waals surface area contributed by atoms with Crippen LogP contribution in [0.1, 0.15) is 19.3 Å². The van der Waals surface area contributed by atoms with Crippen molar-refractivity contribution in [3.8, 4) is 0 Å². The molecule has 0 unspecified atom stereocenters. The van der Waals surface area contributed by atoms with Gasteiger partial charge < -0.3 is 16.6 Å². The maximum atomic E-state index is 12.7. The fraction of sp³-hybridized carbons (Fsp3) is 0.857. The summed E-state index contributed by atoms with van der Waals surface area (Å²) in [5, 5.41) is 4.58. The third-order valence-corrected chi connectivity index (χ3v) is 2.25. The summed E-state index contributed by atoms with van der Waals surface area (Å²) >= 11 is 4.64. The number of alkyl halides is 3. The highest BCUT2D eigenvalue weighted by Gasteiger charge is 2.55. The molecule has 7 heteroatoms. The number of carboxylic acid groups (broad SMARTS) is 1. The molecule has 0 aliphatic carbocycles. The van der Waals surface area contributed by atoms with Gasteiger partial charge in [0, 0.05) is 0 Å². The van der Waals surface area contributed by atoms with Crippen molar-refractivity contribution in [2.24, 2.45) is 11.5 Å². The maximum absolute atomic E-state index is 12.7. The number of carbonyl (C=O) groups is 1. The molecule has 0 aromatic carbocycles. The fourth-order valence-corrected chi connectivity index (χ4v) is 1.09. The van der Waals surface area contributed by atoms with Gasteiger partial charge in [0.05, 0.1) is 0 Å². The Balaban J connectivity index is 4.50. The molecule has 5 N–H and O–H groups in total. The lowest BCUT2D eigenvalue weighted by Crippen LogP contribution is -2.59. The highest BCUT2D eigenvalue weighted by Crippen LogP contribution is 2.34. The molecule has 84 valence electrons. The van der Waals surface area contributed by atoms with E-state index in [4.69, 9.17) is 16.6 Å². The first-order valence-electron chi connectivity index (χ1n) is 4.05. The lowest BCUT2D eigenvalue weighted by atomic mass is 9.94. The van der Waals surface area contributed by atoms with Crippen molar-refractivity contribution in [2.75, 3.05) is 6.54 Å². The van der Waals surface area contributed by atoms with Gasteiger partial charge in [0.25, 0.3) is 0 Å². The molecule has 0 bridgehead atoms. The second-order valence-corrected chi connectivity index (χ2v) is 3.49. The molecule has 0 aromatic heterocycles. The van der Waals surface area contributed by atoms with Gasteiger partial charge in [-0.15, -0.1) is 0 Å². The summed E-state index contributed by atoms with van der Waals surface area (Å²) in [6.07, 6.45) is 0.219. The van der Waals surface area contributed by atoms with E-state index < -0.39 is 23.3 Å². The molecule has 0 aliphatic heterocycles. The molecule has 0 heterocycles. The van der Waals surface area contributed by atoms with Crippen molar-refractivity contribution < 1.29 is 18.7 Å². The van der Waals surface area contributed by atoms with Gasteiger partial charge in [0.15, 0.2) is 5.54 Å². The third kappa shape index (κ3) is 3.04. The van der Waals surface area contributed by atoms with Crippen LogP contribution in [0.4, 0.5) is 8.78 Å². The van der Waals surface area contributed by atoms with Crippen molar-refractivity contribution in [3.05, 3.63) is 0 Å². The molecule has 14 heavy (non-hydrogen) atoms. The van der Waals surface area contributed by atoms with Crippen LogP contribution < -0.4 is 11.5 Å². The molecule has 0 fully saturated rings. The molecule has 1 atom stereocenters. The van der Waals surface area contributed by atoms with Crippen molar-refractivity contribution in [1.29, 1.82) is 0 Å². The van der Waals surface area contributed by atoms with Crippen LogP contribution in [-0.2, 0) is 4.79 Å². The number of hydrogen-bond acceptors (Lipinski definition) is 3. The zero-order chi connectivity index (χ0) is 11.4. The molecule has 0 saturated carbocycles. The van der Waals surface area contributed by atoms with Crippen LogP contribution in [0, 0.1) is 0 Å². The van der Waals surface area contributed by atoms with Crippen LogP contribution in [0.25, 0.3) is 0 Å². The van der Waals surface area contributed by atoms with Gasteiger partial charge in [-0.1, -0.05) is 0 Å². The van der Waals surface area contributed by atoms with Crippen LogP contribution in [0.5, 0.6) is 0 Å². The number of rotatable bonds is 6. The molecular weight excluding hydrogens is 218 g/mol. The summed E-state index contributed by atoms with van der Waals surface area (Å²) in [6.45, 7) is 0.295. The van der Waals surface area contributed by atoms with E-state index in [1.165, 1.54) is 0 Å². The van der Waals surface area contributed by atoms with Crippen LogP contribution in [0.15, 0.2) is 0 Å². The van der Waals surface area contributed by atoms with Crippen LogP contribution in [0.3, 0.4) is 0 Å². The predicted octanol–water partition coefficient (Wildman–Crippen LogP) is 0.729. The Hall–Kier alpha value is -0.460. The van der Waals surface area contributed by atoms with Crippen LogP contribution in [-0.4, -0.2) is 28.5 Å². The van der Waals surface area contributed by atoms with E-state index in [2.05, 4.69) is 11.6 Å². The van der Waals surface area contributed by atoms with Gasteiger partial charge >= 0.3 is 11.4 Å². The number of halogens is 3. The maximum Gasteiger partial charge on any atom is 0.350 e. The molecular formula is C7H13ClF2N2O2. The van der Waals surface area contributed by atoms with E-state index in [0.29, 0.717) is 13.0 Å². The number of hydrogen-bond donors (Lipinski definition) is 3. The van der Waals surface area contributed by atoms with Gasteiger partial charge in [-0.25, -0.2) is 4.79 Å². The second kappa shape index (κ2) is 4.86. The zero-order valence-electron chi connectivity index (χ0n) is 7.47. The third-order valence-electron chi connectivity index (χ3n) is 1.91. The SMILES string of the molecule is NCCCC[C@](N)(C(=O)O)C(F)(F)Cl. The average Bonchev–Trinajstić information content (AvgIpc) is 2.02. The van der Waals surface area contributed by atoms with E-state index >= 15 is 0 Å². The van der Waals surface area contributed by atoms with Crippen molar-refractivity contribution in [2.45, 2.75) is 30.2 Å². The number of aliphatic carboxylic acids is 1. The highest BCUT2D eigenvalue weighted by atomic mass is 35.5. The molecule has 0 rings (SSSR count). The summed E-state index contributed by atoms with van der Waals surface area (Å²) in [5.74, 6) is -1.81. The Kier molecular flexibility index (Phi) is 4.70. The first-order chi connectivity index (χ1) is 6.25. The summed E-state index contributed by atoms with van der Waals surface area (Å²) in [6, 6.07) is 0. The highest BCUT2D eigenvalue weighted by molar-refractivity contribution is 6.24. The second-order valence-electron chi connectivity index (χ2n) is 3.02. The van der Waals surface area contributed by atoms with Gasteiger partial charge in [-0.3, -0.25) is 0 Å². The first kappa shape index (κ1) is 13.5. The minimum Gasteiger partial charge on any atom is -0.480 e. The van der Waals surface area contributed by atoms with Crippen molar-refractivity contribution >= 4 is 17.6 Å². The smallest absolute Gasteiger partial charge is 0.350 e. The predicted molar refractivity (Wildman–Crippen MR) is 48.3 cm³/mol. The number of nitrogens with two attached hydrogens (primary N) is 2. The van der Waals surface area contributed by atoms with E-state index in [1.54, 1.807) is 0 Å². The lowest BCUT2D eigenvalue weighted by molar-refractivity contribution is -0.153. The Morgan fingerprint density at radius 3 is 2.21 bits per heavy atom. The Bertz CT molecular complexity index is 210. The standard InChI is InChI=1S/C7H13ClF2N2O2/c8-7(9,10)6(12,5(13)14)3-1-2-4-11/h1-4,11-12H2,(H,13,14)/t6-/m0/s1. The molecule has 0 aliphatic rings. The molecule has 0 amide bonds. The van der Waals surface area contributed by atoms with Crippen molar-refractivity contribution in [3.63, 3.8) is 0 Å². The van der Waals surface area contributed by atoms with E-state index in [1.807, 2.05) is 0 Å². The minimum atomic E-state index is -3.96. The minimum absolute atomic E-state index is 0.196. The van der Waals surface area contributed by atoms with E-state index in [9.17, 15) is 13.6 Å². The monoisotopic (exact) mass is 230 g/mol. The van der Waals surface area contributed by atoms with Crippen LogP contribution in [0.2, 0.25) is 0 Å². The Morgan fingerprint density at radius 2 is 1.93 bits per heavy atom. The van der Waals surface area contributed by atoms with Crippen molar-refractivity contribution in [1.82, 2.24) is 0 Å². The molecule has 0 spiro atoms. The summed E-state index contributed by atoms with van der Waals surface area (Å²) in [4.78, 5) is 10.5. The van der Waals surface area contributed by atoms with E-state index in [-0.39, 0.29) is 6.42 Å². The largest absolute Gasteiger partial charge is 0.480 e. The van der Waals surface area contributed by atoms with Gasteiger partial charge in [0.1, 0.15) is 0 Å². The van der Waals surface area contributed by atoms with Crippen LogP contribution >= 0.6 is 11.6 Å². The normalized spacial score (nSPS) is 16.4. The van der Waals surface area contributed by atoms with Gasteiger partial charge in [-0.05, 0) is 37.4 Å². The quantitative estimate of drug-likeness (QED) is 0.464. The lowest BCUT2D eigenvalue weighted by Gasteiger charge is -2.28. The van der Waals surface area contributed by atoms with Gasteiger partial charge in [-0.2, -0.15) is 8.78 Å². The summed E-state index contributed by atoms with van der Waals surface area (Å²) in [5.41, 5.74) is 7.45.